The second-order valence-electron chi connectivity index (χ2n) is 4.14. The largest absolute Gasteiger partial charge is 0.377 e. The number of hydrogen-bond acceptors (Lipinski definition) is 3. The molecule has 0 fully saturated rings. The van der Waals surface area contributed by atoms with E-state index < -0.39 is 0 Å². The van der Waals surface area contributed by atoms with Crippen molar-refractivity contribution in [3.63, 3.8) is 0 Å². The fourth-order valence-electron chi connectivity index (χ4n) is 1.81. The lowest BCUT2D eigenvalue weighted by Crippen LogP contribution is -2.00. The fourth-order valence-corrected chi connectivity index (χ4v) is 3.35. The van der Waals surface area contributed by atoms with E-state index >= 15 is 0 Å². The van der Waals surface area contributed by atoms with Crippen molar-refractivity contribution >= 4 is 33.0 Å². The molecule has 0 bridgehead atoms. The highest BCUT2D eigenvalue weighted by molar-refractivity contribution is 9.10. The molecule has 0 aliphatic carbocycles. The van der Waals surface area contributed by atoms with Gasteiger partial charge in [0.15, 0.2) is 0 Å². The zero-order valence-electron chi connectivity index (χ0n) is 10.5. The average Bonchev–Trinajstić information content (AvgIpc) is 2.69. The molecule has 17 heavy (non-hydrogen) atoms. The minimum atomic E-state index is 0.852. The molecule has 0 saturated carbocycles. The maximum Gasteiger partial charge on any atom is 0.0827 e. The van der Waals surface area contributed by atoms with Crippen LogP contribution >= 0.6 is 27.3 Å². The van der Waals surface area contributed by atoms with Crippen molar-refractivity contribution in [2.75, 3.05) is 5.32 Å². The van der Waals surface area contributed by atoms with Crippen LogP contribution in [0.5, 0.6) is 0 Å². The first-order valence-corrected chi connectivity index (χ1v) is 7.09. The number of halogens is 1. The first-order valence-electron chi connectivity index (χ1n) is 5.48. The molecule has 0 unspecified atom stereocenters. The van der Waals surface area contributed by atoms with Crippen molar-refractivity contribution < 1.29 is 0 Å². The third-order valence-electron chi connectivity index (χ3n) is 2.86. The molecule has 2 aromatic rings. The van der Waals surface area contributed by atoms with Crippen LogP contribution in [0.25, 0.3) is 0 Å². The lowest BCUT2D eigenvalue weighted by molar-refractivity contribution is 0.731. The summed E-state index contributed by atoms with van der Waals surface area (Å²) in [6.45, 7) is 7.09. The summed E-state index contributed by atoms with van der Waals surface area (Å²) in [6.07, 6.45) is 0. The summed E-state index contributed by atoms with van der Waals surface area (Å²) in [4.78, 5) is 2.65. The van der Waals surface area contributed by atoms with Crippen LogP contribution in [0.4, 0.5) is 5.69 Å². The molecule has 2 rings (SSSR count). The molecular weight excluding hydrogens is 298 g/mol. The summed E-state index contributed by atoms with van der Waals surface area (Å²) in [6, 6.07) is 2.17. The molecule has 0 saturated heterocycles. The molecule has 0 aliphatic rings. The van der Waals surface area contributed by atoms with Crippen molar-refractivity contribution in [3.05, 3.63) is 31.7 Å². The minimum absolute atomic E-state index is 0.852. The highest BCUT2D eigenvalue weighted by atomic mass is 79.9. The molecule has 0 amide bonds. The summed E-state index contributed by atoms with van der Waals surface area (Å²) >= 11 is 5.36. The fraction of sp³-hybridized carbons (Fsp3) is 0.417. The van der Waals surface area contributed by atoms with Gasteiger partial charge in [0.1, 0.15) is 0 Å². The molecule has 0 spiro atoms. The van der Waals surface area contributed by atoms with Crippen molar-refractivity contribution in [1.82, 2.24) is 9.78 Å². The third kappa shape index (κ3) is 2.55. The van der Waals surface area contributed by atoms with E-state index in [0.717, 1.165) is 17.9 Å². The van der Waals surface area contributed by atoms with Gasteiger partial charge in [-0.25, -0.2) is 0 Å². The predicted molar refractivity (Wildman–Crippen MR) is 76.8 cm³/mol. The SMILES string of the molecule is Cc1nn(C)c(C)c1NCc1cc(Br)c(C)s1. The first kappa shape index (κ1) is 12.6. The Balaban J connectivity index is 2.12. The maximum absolute atomic E-state index is 4.39. The Morgan fingerprint density at radius 3 is 2.59 bits per heavy atom. The molecule has 0 aliphatic heterocycles. The Kier molecular flexibility index (Phi) is 3.58. The zero-order chi connectivity index (χ0) is 12.6. The quantitative estimate of drug-likeness (QED) is 0.934. The number of nitrogens with one attached hydrogen (secondary N) is 1. The van der Waals surface area contributed by atoms with Gasteiger partial charge < -0.3 is 5.32 Å². The molecule has 1 N–H and O–H groups in total. The van der Waals surface area contributed by atoms with Crippen molar-refractivity contribution in [2.45, 2.75) is 27.3 Å². The Labute approximate surface area is 114 Å². The highest BCUT2D eigenvalue weighted by Gasteiger charge is 2.09. The summed E-state index contributed by atoms with van der Waals surface area (Å²) in [5.74, 6) is 0. The molecule has 0 radical (unpaired) electrons. The van der Waals surface area contributed by atoms with Crippen LogP contribution in [0.2, 0.25) is 0 Å². The number of anilines is 1. The standard InChI is InChI=1S/C12H16BrN3S/c1-7-12(8(2)16(4)15-7)14-6-10-5-11(13)9(3)17-10/h5,14H,6H2,1-4H3. The Bertz CT molecular complexity index is 523. The number of hydrogen-bond donors (Lipinski definition) is 1. The Morgan fingerprint density at radius 1 is 1.41 bits per heavy atom. The van der Waals surface area contributed by atoms with Gasteiger partial charge in [0.2, 0.25) is 0 Å². The van der Waals surface area contributed by atoms with E-state index in [-0.39, 0.29) is 0 Å². The summed E-state index contributed by atoms with van der Waals surface area (Å²) in [5.41, 5.74) is 3.38. The van der Waals surface area contributed by atoms with E-state index in [2.05, 4.69) is 46.3 Å². The smallest absolute Gasteiger partial charge is 0.0827 e. The van der Waals surface area contributed by atoms with Gasteiger partial charge in [-0.2, -0.15) is 5.10 Å². The summed E-state index contributed by atoms with van der Waals surface area (Å²) in [5, 5.41) is 7.86. The van der Waals surface area contributed by atoms with E-state index in [1.165, 1.54) is 19.9 Å². The predicted octanol–water partition coefficient (Wildman–Crippen LogP) is 3.78. The molecular formula is C12H16BrN3S. The van der Waals surface area contributed by atoms with Gasteiger partial charge in [-0.3, -0.25) is 4.68 Å². The summed E-state index contributed by atoms with van der Waals surface area (Å²) < 4.78 is 3.10. The molecule has 5 heteroatoms. The van der Waals surface area contributed by atoms with Gasteiger partial charge in [-0.1, -0.05) is 0 Å². The molecule has 0 atom stereocenters. The number of aryl methyl sites for hydroxylation is 3. The van der Waals surface area contributed by atoms with E-state index in [1.54, 1.807) is 0 Å². The van der Waals surface area contributed by atoms with Crippen LogP contribution < -0.4 is 5.32 Å². The molecule has 2 heterocycles. The molecule has 3 nitrogen and oxygen atoms in total. The molecule has 92 valence electrons. The van der Waals surface area contributed by atoms with Crippen molar-refractivity contribution in [2.24, 2.45) is 7.05 Å². The van der Waals surface area contributed by atoms with E-state index in [1.807, 2.05) is 30.0 Å². The third-order valence-corrected chi connectivity index (χ3v) is 4.99. The normalized spacial score (nSPS) is 10.9. The van der Waals surface area contributed by atoms with E-state index in [0.29, 0.717) is 0 Å². The van der Waals surface area contributed by atoms with Gasteiger partial charge in [0, 0.05) is 27.8 Å². The van der Waals surface area contributed by atoms with Gasteiger partial charge in [-0.15, -0.1) is 11.3 Å². The second kappa shape index (κ2) is 4.82. The van der Waals surface area contributed by atoms with Crippen LogP contribution in [-0.2, 0) is 13.6 Å². The minimum Gasteiger partial charge on any atom is -0.377 e. The lowest BCUT2D eigenvalue weighted by Gasteiger charge is -2.04. The van der Waals surface area contributed by atoms with Gasteiger partial charge >= 0.3 is 0 Å². The average molecular weight is 314 g/mol. The monoisotopic (exact) mass is 313 g/mol. The molecule has 2 aromatic heterocycles. The first-order chi connectivity index (χ1) is 7.99. The zero-order valence-corrected chi connectivity index (χ0v) is 12.9. The lowest BCUT2D eigenvalue weighted by atomic mass is 10.3. The Morgan fingerprint density at radius 2 is 2.12 bits per heavy atom. The van der Waals surface area contributed by atoms with Crippen LogP contribution in [0.15, 0.2) is 10.5 Å². The van der Waals surface area contributed by atoms with Crippen molar-refractivity contribution in [3.8, 4) is 0 Å². The van der Waals surface area contributed by atoms with E-state index in [9.17, 15) is 0 Å². The number of rotatable bonds is 3. The van der Waals surface area contributed by atoms with Crippen molar-refractivity contribution in [1.29, 1.82) is 0 Å². The number of aromatic nitrogens is 2. The second-order valence-corrected chi connectivity index (χ2v) is 6.34. The van der Waals surface area contributed by atoms with Gasteiger partial charge in [0.25, 0.3) is 0 Å². The summed E-state index contributed by atoms with van der Waals surface area (Å²) in [7, 11) is 1.97. The topological polar surface area (TPSA) is 29.9 Å². The number of nitrogens with zero attached hydrogens (tertiary/aromatic N) is 2. The highest BCUT2D eigenvalue weighted by Crippen LogP contribution is 2.27. The van der Waals surface area contributed by atoms with Crippen LogP contribution in [-0.4, -0.2) is 9.78 Å². The van der Waals surface area contributed by atoms with Gasteiger partial charge in [-0.05, 0) is 42.8 Å². The van der Waals surface area contributed by atoms with Crippen LogP contribution in [0.1, 0.15) is 21.1 Å². The molecule has 0 aromatic carbocycles. The number of thiophene rings is 1. The Hall–Kier alpha value is -0.810. The maximum atomic E-state index is 4.39. The van der Waals surface area contributed by atoms with E-state index in [4.69, 9.17) is 0 Å². The van der Waals surface area contributed by atoms with Crippen LogP contribution in [0.3, 0.4) is 0 Å². The van der Waals surface area contributed by atoms with Gasteiger partial charge in [0.05, 0.1) is 17.1 Å². The van der Waals surface area contributed by atoms with Crippen LogP contribution in [0, 0.1) is 20.8 Å².